The number of aromatic hydroxyl groups is 1. The van der Waals surface area contributed by atoms with Crippen LogP contribution in [0.5, 0.6) is 11.5 Å². The van der Waals surface area contributed by atoms with Crippen molar-refractivity contribution in [2.24, 2.45) is 0 Å². The Kier molecular flexibility index (Phi) is 4.70. The molecule has 0 aliphatic heterocycles. The van der Waals surface area contributed by atoms with Crippen LogP contribution in [0.1, 0.15) is 33.0 Å². The van der Waals surface area contributed by atoms with E-state index in [1.807, 2.05) is 48.5 Å². The SMILES string of the molecule is COc1ccc(C(c2ccc(O)cc2)c2ccccc2C(=O)O)cc1. The van der Waals surface area contributed by atoms with Gasteiger partial charge in [-0.15, -0.1) is 0 Å². The molecule has 0 fully saturated rings. The van der Waals surface area contributed by atoms with Gasteiger partial charge in [0, 0.05) is 5.92 Å². The molecule has 3 aromatic carbocycles. The summed E-state index contributed by atoms with van der Waals surface area (Å²) in [5.41, 5.74) is 2.80. The first-order valence-electron chi connectivity index (χ1n) is 7.85. The number of hydrogen-bond acceptors (Lipinski definition) is 3. The van der Waals surface area contributed by atoms with E-state index in [0.717, 1.165) is 16.9 Å². The summed E-state index contributed by atoms with van der Waals surface area (Å²) in [7, 11) is 1.60. The van der Waals surface area contributed by atoms with E-state index in [4.69, 9.17) is 4.74 Å². The molecule has 2 N–H and O–H groups in total. The van der Waals surface area contributed by atoms with Gasteiger partial charge in [0.15, 0.2) is 0 Å². The van der Waals surface area contributed by atoms with Gasteiger partial charge < -0.3 is 14.9 Å². The van der Waals surface area contributed by atoms with Crippen molar-refractivity contribution < 1.29 is 19.7 Å². The second kappa shape index (κ2) is 7.09. The van der Waals surface area contributed by atoms with Crippen molar-refractivity contribution in [2.45, 2.75) is 5.92 Å². The third kappa shape index (κ3) is 3.48. The Labute approximate surface area is 146 Å². The van der Waals surface area contributed by atoms with Crippen molar-refractivity contribution in [1.82, 2.24) is 0 Å². The van der Waals surface area contributed by atoms with Gasteiger partial charge in [-0.05, 0) is 47.0 Å². The lowest BCUT2D eigenvalue weighted by molar-refractivity contribution is 0.0695. The van der Waals surface area contributed by atoms with Crippen molar-refractivity contribution in [3.8, 4) is 11.5 Å². The molecule has 0 aliphatic rings. The van der Waals surface area contributed by atoms with E-state index < -0.39 is 5.97 Å². The maximum absolute atomic E-state index is 11.7. The first-order chi connectivity index (χ1) is 12.1. The maximum atomic E-state index is 11.7. The summed E-state index contributed by atoms with van der Waals surface area (Å²) in [5, 5.41) is 19.2. The molecule has 3 aromatic rings. The second-order valence-corrected chi connectivity index (χ2v) is 5.69. The van der Waals surface area contributed by atoms with E-state index in [2.05, 4.69) is 0 Å². The molecule has 0 saturated carbocycles. The van der Waals surface area contributed by atoms with E-state index >= 15 is 0 Å². The van der Waals surface area contributed by atoms with Crippen LogP contribution >= 0.6 is 0 Å². The summed E-state index contributed by atoms with van der Waals surface area (Å²) in [6.07, 6.45) is 0. The van der Waals surface area contributed by atoms with Gasteiger partial charge in [0.1, 0.15) is 11.5 Å². The minimum Gasteiger partial charge on any atom is -0.508 e. The molecule has 1 unspecified atom stereocenters. The Bertz CT molecular complexity index is 867. The lowest BCUT2D eigenvalue weighted by Gasteiger charge is -2.21. The summed E-state index contributed by atoms with van der Waals surface area (Å²) >= 11 is 0. The van der Waals surface area contributed by atoms with Gasteiger partial charge in [-0.1, -0.05) is 42.5 Å². The van der Waals surface area contributed by atoms with Crippen molar-refractivity contribution >= 4 is 5.97 Å². The quantitative estimate of drug-likeness (QED) is 0.684. The van der Waals surface area contributed by atoms with Crippen LogP contribution in [-0.4, -0.2) is 23.3 Å². The fourth-order valence-electron chi connectivity index (χ4n) is 2.96. The van der Waals surface area contributed by atoms with Crippen LogP contribution in [-0.2, 0) is 0 Å². The monoisotopic (exact) mass is 334 g/mol. The molecular formula is C21H18O4. The van der Waals surface area contributed by atoms with Gasteiger partial charge in [0.05, 0.1) is 12.7 Å². The van der Waals surface area contributed by atoms with Gasteiger partial charge in [-0.3, -0.25) is 0 Å². The zero-order valence-corrected chi connectivity index (χ0v) is 13.7. The van der Waals surface area contributed by atoms with Crippen molar-refractivity contribution in [1.29, 1.82) is 0 Å². The third-order valence-electron chi connectivity index (χ3n) is 4.18. The Morgan fingerprint density at radius 3 is 2.00 bits per heavy atom. The molecule has 1 atom stereocenters. The summed E-state index contributed by atoms with van der Waals surface area (Å²) in [4.78, 5) is 11.7. The van der Waals surface area contributed by atoms with E-state index in [9.17, 15) is 15.0 Å². The largest absolute Gasteiger partial charge is 0.508 e. The molecule has 0 bridgehead atoms. The number of carbonyl (C=O) groups is 1. The van der Waals surface area contributed by atoms with Crippen LogP contribution in [0.4, 0.5) is 0 Å². The summed E-state index contributed by atoms with van der Waals surface area (Å²) in [6, 6.07) is 21.4. The lowest BCUT2D eigenvalue weighted by Crippen LogP contribution is -2.10. The molecule has 0 radical (unpaired) electrons. The lowest BCUT2D eigenvalue weighted by atomic mass is 9.83. The maximum Gasteiger partial charge on any atom is 0.335 e. The second-order valence-electron chi connectivity index (χ2n) is 5.69. The van der Waals surface area contributed by atoms with Crippen LogP contribution in [0.3, 0.4) is 0 Å². The van der Waals surface area contributed by atoms with Gasteiger partial charge in [-0.2, -0.15) is 0 Å². The minimum absolute atomic E-state index is 0.170. The normalized spacial score (nSPS) is 11.7. The Morgan fingerprint density at radius 2 is 1.44 bits per heavy atom. The smallest absolute Gasteiger partial charge is 0.335 e. The number of carboxylic acid groups (broad SMARTS) is 1. The molecule has 0 amide bonds. The zero-order chi connectivity index (χ0) is 17.8. The molecule has 25 heavy (non-hydrogen) atoms. The molecule has 3 rings (SSSR count). The van der Waals surface area contributed by atoms with Crippen LogP contribution < -0.4 is 4.74 Å². The Morgan fingerprint density at radius 1 is 0.880 bits per heavy atom. The minimum atomic E-state index is -0.965. The standard InChI is InChI=1S/C21H18O4/c1-25-17-12-8-15(9-13-17)20(14-6-10-16(22)11-7-14)18-4-2-3-5-19(18)21(23)24/h2-13,20,22H,1H3,(H,23,24). The number of aromatic carboxylic acids is 1. The van der Waals surface area contributed by atoms with Gasteiger partial charge in [-0.25, -0.2) is 4.79 Å². The predicted molar refractivity (Wildman–Crippen MR) is 95.4 cm³/mol. The molecular weight excluding hydrogens is 316 g/mol. The number of methoxy groups -OCH3 is 1. The molecule has 0 aromatic heterocycles. The third-order valence-corrected chi connectivity index (χ3v) is 4.18. The van der Waals surface area contributed by atoms with Gasteiger partial charge in [0.25, 0.3) is 0 Å². The Balaban J connectivity index is 2.18. The molecule has 0 spiro atoms. The average Bonchev–Trinajstić information content (AvgIpc) is 2.64. The molecule has 0 heterocycles. The van der Waals surface area contributed by atoms with E-state index in [-0.39, 0.29) is 17.2 Å². The zero-order valence-electron chi connectivity index (χ0n) is 13.7. The predicted octanol–water partition coefficient (Wildman–Crippen LogP) is 4.28. The highest BCUT2D eigenvalue weighted by atomic mass is 16.5. The fourth-order valence-corrected chi connectivity index (χ4v) is 2.96. The first kappa shape index (κ1) is 16.6. The average molecular weight is 334 g/mol. The summed E-state index contributed by atoms with van der Waals surface area (Å²) < 4.78 is 5.21. The van der Waals surface area contributed by atoms with Crippen LogP contribution in [0.2, 0.25) is 0 Å². The molecule has 4 nitrogen and oxygen atoms in total. The number of ether oxygens (including phenoxy) is 1. The Hall–Kier alpha value is -3.27. The van der Waals surface area contributed by atoms with E-state index in [1.54, 1.807) is 31.4 Å². The number of phenols is 1. The first-order valence-corrected chi connectivity index (χ1v) is 7.85. The summed E-state index contributed by atoms with van der Waals surface area (Å²) in [6.45, 7) is 0. The number of rotatable bonds is 5. The van der Waals surface area contributed by atoms with Gasteiger partial charge >= 0.3 is 5.97 Å². The van der Waals surface area contributed by atoms with Crippen molar-refractivity contribution in [3.05, 3.63) is 95.1 Å². The van der Waals surface area contributed by atoms with Crippen LogP contribution in [0.15, 0.2) is 72.8 Å². The number of carboxylic acids is 1. The topological polar surface area (TPSA) is 66.8 Å². The molecule has 4 heteroatoms. The van der Waals surface area contributed by atoms with Gasteiger partial charge in [0.2, 0.25) is 0 Å². The number of phenolic OH excluding ortho intramolecular Hbond substituents is 1. The number of benzene rings is 3. The fraction of sp³-hybridized carbons (Fsp3) is 0.0952. The number of hydrogen-bond donors (Lipinski definition) is 2. The van der Waals surface area contributed by atoms with E-state index in [1.165, 1.54) is 0 Å². The highest BCUT2D eigenvalue weighted by Gasteiger charge is 2.22. The van der Waals surface area contributed by atoms with E-state index in [0.29, 0.717) is 5.56 Å². The molecule has 0 saturated heterocycles. The highest BCUT2D eigenvalue weighted by Crippen LogP contribution is 2.35. The molecule has 0 aliphatic carbocycles. The van der Waals surface area contributed by atoms with Crippen LogP contribution in [0, 0.1) is 0 Å². The van der Waals surface area contributed by atoms with Crippen molar-refractivity contribution in [2.75, 3.05) is 7.11 Å². The summed E-state index contributed by atoms with van der Waals surface area (Å²) in [5.74, 6) is -0.324. The molecule has 126 valence electrons. The van der Waals surface area contributed by atoms with Crippen molar-refractivity contribution in [3.63, 3.8) is 0 Å². The highest BCUT2D eigenvalue weighted by molar-refractivity contribution is 5.90. The van der Waals surface area contributed by atoms with Crippen LogP contribution in [0.25, 0.3) is 0 Å².